The van der Waals surface area contributed by atoms with Gasteiger partial charge in [0.1, 0.15) is 0 Å². The molecule has 0 fully saturated rings. The zero-order chi connectivity index (χ0) is 24.2. The van der Waals surface area contributed by atoms with Crippen molar-refractivity contribution >= 4 is 17.6 Å². The molecule has 1 aliphatic rings. The fraction of sp³-hybridized carbons (Fsp3) is 0.286. The SMILES string of the molecule is CCOc1cc2c(cc1OCC)C(c1ccc(C(=O)OC)cc1)N(c1cccc(C)c1)C(=O)C2. The van der Waals surface area contributed by atoms with E-state index in [1.807, 2.05) is 74.2 Å². The maximum Gasteiger partial charge on any atom is 0.337 e. The van der Waals surface area contributed by atoms with Crippen LogP contribution in [0.2, 0.25) is 0 Å². The number of carbonyl (C=O) groups is 2. The molecule has 0 spiro atoms. The third-order valence-corrected chi connectivity index (χ3v) is 5.90. The Morgan fingerprint density at radius 1 is 0.971 bits per heavy atom. The zero-order valence-electron chi connectivity index (χ0n) is 20.0. The Kier molecular flexibility index (Phi) is 6.87. The van der Waals surface area contributed by atoms with Gasteiger partial charge < -0.3 is 19.1 Å². The fourth-order valence-corrected chi connectivity index (χ4v) is 4.41. The van der Waals surface area contributed by atoms with E-state index in [9.17, 15) is 9.59 Å². The zero-order valence-corrected chi connectivity index (χ0v) is 20.0. The lowest BCUT2D eigenvalue weighted by Gasteiger charge is -2.38. The van der Waals surface area contributed by atoms with Gasteiger partial charge in [-0.05, 0) is 79.4 Å². The van der Waals surface area contributed by atoms with Crippen LogP contribution in [0.25, 0.3) is 0 Å². The summed E-state index contributed by atoms with van der Waals surface area (Å²) < 4.78 is 16.6. The Morgan fingerprint density at radius 2 is 1.65 bits per heavy atom. The van der Waals surface area contributed by atoms with Crippen LogP contribution in [-0.4, -0.2) is 32.2 Å². The summed E-state index contributed by atoms with van der Waals surface area (Å²) in [7, 11) is 1.36. The van der Waals surface area contributed by atoms with Crippen LogP contribution < -0.4 is 14.4 Å². The third-order valence-electron chi connectivity index (χ3n) is 5.90. The summed E-state index contributed by atoms with van der Waals surface area (Å²) in [6.45, 7) is 6.86. The molecule has 0 radical (unpaired) electrons. The number of carbonyl (C=O) groups excluding carboxylic acids is 2. The predicted molar refractivity (Wildman–Crippen MR) is 131 cm³/mol. The Labute approximate surface area is 200 Å². The van der Waals surface area contributed by atoms with Crippen molar-refractivity contribution in [3.05, 3.63) is 88.5 Å². The van der Waals surface area contributed by atoms with Crippen LogP contribution in [0.3, 0.4) is 0 Å². The molecule has 0 bridgehead atoms. The molecule has 1 unspecified atom stereocenters. The minimum Gasteiger partial charge on any atom is -0.490 e. The maximum absolute atomic E-state index is 13.5. The minimum absolute atomic E-state index is 0.00764. The molecule has 0 aliphatic carbocycles. The van der Waals surface area contributed by atoms with E-state index in [1.54, 1.807) is 12.1 Å². The molecule has 1 aliphatic heterocycles. The number of rotatable bonds is 7. The second-order valence-corrected chi connectivity index (χ2v) is 8.16. The molecule has 176 valence electrons. The standard InChI is InChI=1S/C28H29NO5/c1-5-33-24-15-21-16-26(30)29(22-9-7-8-18(3)14-22)27(23(21)17-25(24)34-6-2)19-10-12-20(13-11-19)28(31)32-4/h7-15,17,27H,5-6,16H2,1-4H3. The number of hydrogen-bond donors (Lipinski definition) is 0. The second-order valence-electron chi connectivity index (χ2n) is 8.16. The smallest absolute Gasteiger partial charge is 0.337 e. The number of benzene rings is 3. The number of fused-ring (bicyclic) bond motifs is 1. The fourth-order valence-electron chi connectivity index (χ4n) is 4.41. The Bertz CT molecular complexity index is 1200. The van der Waals surface area contributed by atoms with E-state index in [2.05, 4.69) is 0 Å². The van der Waals surface area contributed by atoms with E-state index >= 15 is 0 Å². The number of nitrogens with zero attached hydrogens (tertiary/aromatic N) is 1. The van der Waals surface area contributed by atoms with E-state index < -0.39 is 5.97 Å². The van der Waals surface area contributed by atoms with Crippen molar-refractivity contribution in [3.63, 3.8) is 0 Å². The topological polar surface area (TPSA) is 65.1 Å². The van der Waals surface area contributed by atoms with Gasteiger partial charge in [-0.2, -0.15) is 0 Å². The highest BCUT2D eigenvalue weighted by Crippen LogP contribution is 2.43. The van der Waals surface area contributed by atoms with Gasteiger partial charge >= 0.3 is 5.97 Å². The average molecular weight is 460 g/mol. The highest BCUT2D eigenvalue weighted by Gasteiger charge is 2.36. The largest absolute Gasteiger partial charge is 0.490 e. The summed E-state index contributed by atoms with van der Waals surface area (Å²) in [6.07, 6.45) is 0.256. The quantitative estimate of drug-likeness (QED) is 0.451. The number of anilines is 1. The molecule has 4 rings (SSSR count). The Hall–Kier alpha value is -3.80. The van der Waals surface area contributed by atoms with E-state index in [-0.39, 0.29) is 18.4 Å². The van der Waals surface area contributed by atoms with E-state index in [0.29, 0.717) is 30.3 Å². The summed E-state index contributed by atoms with van der Waals surface area (Å²) >= 11 is 0. The molecule has 0 N–H and O–H groups in total. The number of hydrogen-bond acceptors (Lipinski definition) is 5. The van der Waals surface area contributed by atoms with Gasteiger partial charge in [0.2, 0.25) is 5.91 Å². The molecule has 1 amide bonds. The summed E-state index contributed by atoms with van der Waals surface area (Å²) in [4.78, 5) is 27.3. The van der Waals surface area contributed by atoms with Crippen LogP contribution in [-0.2, 0) is 16.0 Å². The molecule has 34 heavy (non-hydrogen) atoms. The highest BCUT2D eigenvalue weighted by molar-refractivity contribution is 5.98. The first-order valence-corrected chi connectivity index (χ1v) is 11.5. The molecule has 3 aromatic carbocycles. The molecule has 1 atom stereocenters. The Balaban J connectivity index is 1.90. The second kappa shape index (κ2) is 10.00. The lowest BCUT2D eigenvalue weighted by atomic mass is 9.86. The van der Waals surface area contributed by atoms with Crippen LogP contribution >= 0.6 is 0 Å². The van der Waals surface area contributed by atoms with E-state index in [0.717, 1.165) is 27.9 Å². The number of amides is 1. The maximum atomic E-state index is 13.5. The van der Waals surface area contributed by atoms with Gasteiger partial charge in [0.15, 0.2) is 11.5 Å². The molecular weight excluding hydrogens is 430 g/mol. The highest BCUT2D eigenvalue weighted by atomic mass is 16.5. The van der Waals surface area contributed by atoms with Crippen molar-refractivity contribution in [2.75, 3.05) is 25.2 Å². The normalized spacial score (nSPS) is 15.0. The van der Waals surface area contributed by atoms with Crippen molar-refractivity contribution in [2.24, 2.45) is 0 Å². The first-order chi connectivity index (χ1) is 16.5. The van der Waals surface area contributed by atoms with Gasteiger partial charge in [-0.3, -0.25) is 4.79 Å². The molecule has 0 saturated carbocycles. The van der Waals surface area contributed by atoms with E-state index in [4.69, 9.17) is 14.2 Å². The summed E-state index contributed by atoms with van der Waals surface area (Å²) in [5.74, 6) is 0.881. The molecule has 1 heterocycles. The van der Waals surface area contributed by atoms with Crippen LogP contribution in [0.4, 0.5) is 5.69 Å². The molecule has 6 nitrogen and oxygen atoms in total. The van der Waals surface area contributed by atoms with Gasteiger partial charge in [-0.15, -0.1) is 0 Å². The number of aryl methyl sites for hydroxylation is 1. The van der Waals surface area contributed by atoms with Crippen LogP contribution in [0, 0.1) is 6.92 Å². The monoisotopic (exact) mass is 459 g/mol. The average Bonchev–Trinajstić information content (AvgIpc) is 2.84. The van der Waals surface area contributed by atoms with Crippen molar-refractivity contribution in [3.8, 4) is 11.5 Å². The molecule has 3 aromatic rings. The van der Waals surface area contributed by atoms with Gasteiger partial charge in [-0.1, -0.05) is 24.3 Å². The summed E-state index contributed by atoms with van der Waals surface area (Å²) in [5.41, 5.74) is 5.11. The van der Waals surface area contributed by atoms with Crippen molar-refractivity contribution in [1.29, 1.82) is 0 Å². The van der Waals surface area contributed by atoms with Crippen molar-refractivity contribution in [1.82, 2.24) is 0 Å². The first-order valence-electron chi connectivity index (χ1n) is 11.5. The predicted octanol–water partition coefficient (Wildman–Crippen LogP) is 5.26. The van der Waals surface area contributed by atoms with Crippen LogP contribution in [0.1, 0.15) is 52.5 Å². The summed E-state index contributed by atoms with van der Waals surface area (Å²) in [6, 6.07) is 18.6. The van der Waals surface area contributed by atoms with Crippen LogP contribution in [0.15, 0.2) is 60.7 Å². The van der Waals surface area contributed by atoms with Crippen molar-refractivity contribution < 1.29 is 23.8 Å². The molecule has 6 heteroatoms. The minimum atomic E-state index is -0.401. The molecule has 0 saturated heterocycles. The van der Waals surface area contributed by atoms with Crippen molar-refractivity contribution in [2.45, 2.75) is 33.2 Å². The summed E-state index contributed by atoms with van der Waals surface area (Å²) in [5, 5.41) is 0. The molecular formula is C28H29NO5. The van der Waals surface area contributed by atoms with E-state index in [1.165, 1.54) is 7.11 Å². The van der Waals surface area contributed by atoms with Gasteiger partial charge in [0.25, 0.3) is 0 Å². The first kappa shape index (κ1) is 23.4. The molecule has 0 aromatic heterocycles. The van der Waals surface area contributed by atoms with Gasteiger partial charge in [-0.25, -0.2) is 4.79 Å². The Morgan fingerprint density at radius 3 is 2.26 bits per heavy atom. The lowest BCUT2D eigenvalue weighted by Crippen LogP contribution is -2.41. The third kappa shape index (κ3) is 4.49. The number of esters is 1. The van der Waals surface area contributed by atoms with Gasteiger partial charge in [0.05, 0.1) is 38.3 Å². The number of ether oxygens (including phenoxy) is 3. The number of methoxy groups -OCH3 is 1. The van der Waals surface area contributed by atoms with Gasteiger partial charge in [0, 0.05) is 5.69 Å². The lowest BCUT2D eigenvalue weighted by molar-refractivity contribution is -0.118. The van der Waals surface area contributed by atoms with Crippen LogP contribution in [0.5, 0.6) is 11.5 Å².